The number of hydrogen-bond acceptors (Lipinski definition) is 6. The number of benzene rings is 1. The fraction of sp³-hybridized carbons (Fsp3) is 0.158. The SMILES string of the molecule is COc1cc(OC)cc(C(=O)Nc2ccc(NCc3ccco3)nc2)c1. The van der Waals surface area contributed by atoms with Crippen molar-refractivity contribution >= 4 is 17.4 Å². The molecule has 0 saturated carbocycles. The molecule has 0 atom stereocenters. The van der Waals surface area contributed by atoms with E-state index in [0.29, 0.717) is 35.1 Å². The van der Waals surface area contributed by atoms with Gasteiger partial charge >= 0.3 is 0 Å². The van der Waals surface area contributed by atoms with E-state index in [2.05, 4.69) is 15.6 Å². The Balaban J connectivity index is 1.64. The van der Waals surface area contributed by atoms with Crippen molar-refractivity contribution in [2.24, 2.45) is 0 Å². The molecule has 0 radical (unpaired) electrons. The third kappa shape index (κ3) is 4.32. The van der Waals surface area contributed by atoms with E-state index < -0.39 is 0 Å². The van der Waals surface area contributed by atoms with Crippen molar-refractivity contribution in [3.63, 3.8) is 0 Å². The summed E-state index contributed by atoms with van der Waals surface area (Å²) in [6.07, 6.45) is 3.20. The molecule has 2 heterocycles. The molecule has 134 valence electrons. The minimum atomic E-state index is -0.278. The molecule has 0 aliphatic rings. The lowest BCUT2D eigenvalue weighted by Gasteiger charge is -2.10. The Morgan fingerprint density at radius 1 is 1.12 bits per heavy atom. The number of aromatic nitrogens is 1. The van der Waals surface area contributed by atoms with Gasteiger partial charge < -0.3 is 24.5 Å². The molecule has 0 saturated heterocycles. The quantitative estimate of drug-likeness (QED) is 0.675. The van der Waals surface area contributed by atoms with Crippen molar-refractivity contribution in [3.05, 3.63) is 66.2 Å². The lowest BCUT2D eigenvalue weighted by atomic mass is 10.2. The first-order valence-corrected chi connectivity index (χ1v) is 7.94. The van der Waals surface area contributed by atoms with Gasteiger partial charge in [0.1, 0.15) is 23.1 Å². The third-order valence-electron chi connectivity index (χ3n) is 3.66. The summed E-state index contributed by atoms with van der Waals surface area (Å²) in [6, 6.07) is 12.3. The number of carbonyl (C=O) groups excluding carboxylic acids is 1. The highest BCUT2D eigenvalue weighted by molar-refractivity contribution is 6.04. The van der Waals surface area contributed by atoms with Gasteiger partial charge in [-0.05, 0) is 36.4 Å². The highest BCUT2D eigenvalue weighted by Gasteiger charge is 2.10. The topological polar surface area (TPSA) is 85.6 Å². The van der Waals surface area contributed by atoms with Gasteiger partial charge in [0.2, 0.25) is 0 Å². The molecule has 0 unspecified atom stereocenters. The normalized spacial score (nSPS) is 10.2. The Bertz CT molecular complexity index is 839. The molecule has 0 bridgehead atoms. The molecule has 0 spiro atoms. The molecule has 0 aliphatic carbocycles. The summed E-state index contributed by atoms with van der Waals surface area (Å²) in [5.41, 5.74) is 1.02. The molecular formula is C19H19N3O4. The first kappa shape index (κ1) is 17.3. The van der Waals surface area contributed by atoms with Crippen LogP contribution in [-0.4, -0.2) is 25.1 Å². The number of nitrogens with one attached hydrogen (secondary N) is 2. The van der Waals surface area contributed by atoms with Crippen molar-refractivity contribution in [2.75, 3.05) is 24.9 Å². The number of ether oxygens (including phenoxy) is 2. The van der Waals surface area contributed by atoms with E-state index in [9.17, 15) is 4.79 Å². The van der Waals surface area contributed by atoms with Crippen LogP contribution in [-0.2, 0) is 6.54 Å². The van der Waals surface area contributed by atoms with Crippen molar-refractivity contribution in [2.45, 2.75) is 6.54 Å². The van der Waals surface area contributed by atoms with E-state index in [0.717, 1.165) is 5.76 Å². The molecule has 1 aromatic carbocycles. The maximum atomic E-state index is 12.4. The number of amides is 1. The minimum absolute atomic E-state index is 0.278. The molecule has 7 heteroatoms. The van der Waals surface area contributed by atoms with Gasteiger partial charge in [-0.3, -0.25) is 4.79 Å². The first-order chi connectivity index (χ1) is 12.7. The average Bonchev–Trinajstić information content (AvgIpc) is 3.20. The van der Waals surface area contributed by atoms with Crippen LogP contribution >= 0.6 is 0 Å². The molecule has 3 aromatic rings. The Hall–Kier alpha value is -3.48. The first-order valence-electron chi connectivity index (χ1n) is 7.94. The lowest BCUT2D eigenvalue weighted by molar-refractivity contribution is 0.102. The molecule has 3 rings (SSSR count). The molecule has 7 nitrogen and oxygen atoms in total. The third-order valence-corrected chi connectivity index (χ3v) is 3.66. The number of hydrogen-bond donors (Lipinski definition) is 2. The summed E-state index contributed by atoms with van der Waals surface area (Å²) in [4.78, 5) is 16.7. The highest BCUT2D eigenvalue weighted by atomic mass is 16.5. The second kappa shape index (κ2) is 8.06. The summed E-state index contributed by atoms with van der Waals surface area (Å²) < 4.78 is 15.6. The molecule has 26 heavy (non-hydrogen) atoms. The number of anilines is 2. The van der Waals surface area contributed by atoms with Crippen molar-refractivity contribution < 1.29 is 18.7 Å². The number of carbonyl (C=O) groups is 1. The van der Waals surface area contributed by atoms with Gasteiger partial charge in [0.25, 0.3) is 5.91 Å². The number of furan rings is 1. The lowest BCUT2D eigenvalue weighted by Crippen LogP contribution is -2.12. The summed E-state index contributed by atoms with van der Waals surface area (Å²) >= 11 is 0. The highest BCUT2D eigenvalue weighted by Crippen LogP contribution is 2.23. The molecular weight excluding hydrogens is 334 g/mol. The van der Waals surface area contributed by atoms with Crippen LogP contribution in [0.2, 0.25) is 0 Å². The Kier molecular flexibility index (Phi) is 5.38. The van der Waals surface area contributed by atoms with E-state index >= 15 is 0 Å². The van der Waals surface area contributed by atoms with Gasteiger partial charge in [-0.15, -0.1) is 0 Å². The Morgan fingerprint density at radius 2 is 1.88 bits per heavy atom. The van der Waals surface area contributed by atoms with Crippen LogP contribution in [0.15, 0.2) is 59.3 Å². The smallest absolute Gasteiger partial charge is 0.255 e. The molecule has 2 aromatic heterocycles. The fourth-order valence-electron chi connectivity index (χ4n) is 2.31. The summed E-state index contributed by atoms with van der Waals surface area (Å²) in [7, 11) is 3.07. The Labute approximate surface area is 151 Å². The average molecular weight is 353 g/mol. The van der Waals surface area contributed by atoms with Crippen LogP contribution in [0.1, 0.15) is 16.1 Å². The number of rotatable bonds is 7. The zero-order chi connectivity index (χ0) is 18.4. The predicted molar refractivity (Wildman–Crippen MR) is 97.8 cm³/mol. The zero-order valence-corrected chi connectivity index (χ0v) is 14.5. The van der Waals surface area contributed by atoms with Gasteiger partial charge in [0.15, 0.2) is 0 Å². The molecule has 0 aliphatic heterocycles. The van der Waals surface area contributed by atoms with Gasteiger partial charge in [-0.2, -0.15) is 0 Å². The maximum Gasteiger partial charge on any atom is 0.255 e. The molecule has 0 fully saturated rings. The van der Waals surface area contributed by atoms with Gasteiger partial charge in [0.05, 0.1) is 38.9 Å². The van der Waals surface area contributed by atoms with Gasteiger partial charge in [0, 0.05) is 11.6 Å². The standard InChI is InChI=1S/C19H19N3O4/c1-24-16-8-13(9-17(10-16)25-2)19(23)22-14-5-6-18(20-11-14)21-12-15-4-3-7-26-15/h3-11H,12H2,1-2H3,(H,20,21)(H,22,23). The number of nitrogens with zero attached hydrogens (tertiary/aromatic N) is 1. The van der Waals surface area contributed by atoms with Crippen LogP contribution in [0.5, 0.6) is 11.5 Å². The second-order valence-corrected chi connectivity index (χ2v) is 5.42. The molecule has 2 N–H and O–H groups in total. The van der Waals surface area contributed by atoms with E-state index in [1.807, 2.05) is 12.1 Å². The van der Waals surface area contributed by atoms with Crippen LogP contribution in [0, 0.1) is 0 Å². The van der Waals surface area contributed by atoms with E-state index in [4.69, 9.17) is 13.9 Å². The van der Waals surface area contributed by atoms with Crippen LogP contribution in [0.4, 0.5) is 11.5 Å². The van der Waals surface area contributed by atoms with Crippen molar-refractivity contribution in [3.8, 4) is 11.5 Å². The largest absolute Gasteiger partial charge is 0.497 e. The second-order valence-electron chi connectivity index (χ2n) is 5.42. The zero-order valence-electron chi connectivity index (χ0n) is 14.5. The van der Waals surface area contributed by atoms with Gasteiger partial charge in [-0.1, -0.05) is 0 Å². The molecule has 1 amide bonds. The van der Waals surface area contributed by atoms with E-state index in [1.165, 1.54) is 14.2 Å². The van der Waals surface area contributed by atoms with E-state index in [1.54, 1.807) is 42.8 Å². The number of methoxy groups -OCH3 is 2. The van der Waals surface area contributed by atoms with Crippen molar-refractivity contribution in [1.29, 1.82) is 0 Å². The van der Waals surface area contributed by atoms with Gasteiger partial charge in [-0.25, -0.2) is 4.98 Å². The summed E-state index contributed by atoms with van der Waals surface area (Å²) in [5, 5.41) is 5.94. The fourth-order valence-corrected chi connectivity index (χ4v) is 2.31. The predicted octanol–water partition coefficient (Wildman–Crippen LogP) is 3.56. The summed E-state index contributed by atoms with van der Waals surface area (Å²) in [5.74, 6) is 2.31. The van der Waals surface area contributed by atoms with Crippen LogP contribution in [0.3, 0.4) is 0 Å². The summed E-state index contributed by atoms with van der Waals surface area (Å²) in [6.45, 7) is 0.537. The maximum absolute atomic E-state index is 12.4. The van der Waals surface area contributed by atoms with Crippen LogP contribution in [0.25, 0.3) is 0 Å². The monoisotopic (exact) mass is 353 g/mol. The van der Waals surface area contributed by atoms with Crippen molar-refractivity contribution in [1.82, 2.24) is 4.98 Å². The van der Waals surface area contributed by atoms with Crippen LogP contribution < -0.4 is 20.1 Å². The van der Waals surface area contributed by atoms with E-state index in [-0.39, 0.29) is 5.91 Å². The number of pyridine rings is 1. The Morgan fingerprint density at radius 3 is 2.46 bits per heavy atom. The minimum Gasteiger partial charge on any atom is -0.497 e.